The van der Waals surface area contributed by atoms with E-state index < -0.39 is 34.0 Å². The molecule has 0 spiro atoms. The second-order valence-electron chi connectivity index (χ2n) is 11.0. The quantitative estimate of drug-likeness (QED) is 0.256. The van der Waals surface area contributed by atoms with Gasteiger partial charge in [-0.15, -0.1) is 0 Å². The van der Waals surface area contributed by atoms with Crippen molar-refractivity contribution in [3.8, 4) is 0 Å². The molecule has 0 radical (unpaired) electrons. The molecule has 2 aromatic rings. The van der Waals surface area contributed by atoms with E-state index >= 15 is 0 Å². The summed E-state index contributed by atoms with van der Waals surface area (Å²) in [6.07, 6.45) is -1.40. The second kappa shape index (κ2) is 11.9. The van der Waals surface area contributed by atoms with Gasteiger partial charge in [-0.25, -0.2) is 9.97 Å². The zero-order chi connectivity index (χ0) is 30.2. The maximum absolute atomic E-state index is 13.8. The molecule has 11 nitrogen and oxygen atoms in total. The lowest BCUT2D eigenvalue weighted by Gasteiger charge is -2.41. The number of hydrogen-bond donors (Lipinski definition) is 1. The standard InChI is InChI=1S/C27H32ClF3N6O5/c1-16(17-10-18(27(29,30)31)12-19(11-17)37(39)40)32-23-21-14-36(15-22(21)33-25(28)34-23)24(38)26(41-2)5-7-35(8-6-26)13-20-4-3-9-42-20/h10-12,16,20H,3-9,13-15H2,1-2H3,(H,32,33,34)/t16-,20?/m1/s1. The van der Waals surface area contributed by atoms with E-state index in [1.54, 1.807) is 11.8 Å². The number of fused-ring (bicyclic) bond motifs is 1. The minimum absolute atomic E-state index is 0.0408. The highest BCUT2D eigenvalue weighted by molar-refractivity contribution is 6.28. The third-order valence-electron chi connectivity index (χ3n) is 8.30. The number of nitrogens with one attached hydrogen (secondary N) is 1. The number of alkyl halides is 3. The Hall–Kier alpha value is -3.07. The summed E-state index contributed by atoms with van der Waals surface area (Å²) < 4.78 is 51.9. The molecule has 0 aliphatic carbocycles. The van der Waals surface area contributed by atoms with E-state index in [1.807, 2.05) is 0 Å². The van der Waals surface area contributed by atoms with Gasteiger partial charge in [-0.1, -0.05) is 0 Å². The molecule has 42 heavy (non-hydrogen) atoms. The Labute approximate surface area is 245 Å². The van der Waals surface area contributed by atoms with Crippen molar-refractivity contribution in [3.63, 3.8) is 0 Å². The summed E-state index contributed by atoms with van der Waals surface area (Å²) >= 11 is 6.18. The van der Waals surface area contributed by atoms with Crippen molar-refractivity contribution in [2.75, 3.05) is 38.7 Å². The van der Waals surface area contributed by atoms with Crippen LogP contribution in [-0.2, 0) is 33.5 Å². The van der Waals surface area contributed by atoms with Gasteiger partial charge in [-0.3, -0.25) is 14.9 Å². The van der Waals surface area contributed by atoms with Gasteiger partial charge in [0.2, 0.25) is 5.28 Å². The maximum Gasteiger partial charge on any atom is 0.416 e. The predicted molar refractivity (Wildman–Crippen MR) is 146 cm³/mol. The van der Waals surface area contributed by atoms with Crippen LogP contribution in [0, 0.1) is 10.1 Å². The molecule has 0 saturated carbocycles. The number of ether oxygens (including phenoxy) is 2. The van der Waals surface area contributed by atoms with Gasteiger partial charge in [0.15, 0.2) is 0 Å². The van der Waals surface area contributed by atoms with E-state index in [0.717, 1.165) is 38.1 Å². The van der Waals surface area contributed by atoms with Crippen LogP contribution in [0.3, 0.4) is 0 Å². The van der Waals surface area contributed by atoms with Gasteiger partial charge in [0.05, 0.1) is 41.4 Å². The molecule has 3 aliphatic heterocycles. The molecule has 3 aliphatic rings. The Balaban J connectivity index is 1.31. The summed E-state index contributed by atoms with van der Waals surface area (Å²) in [5.74, 6) is 0.0640. The van der Waals surface area contributed by atoms with Gasteiger partial charge < -0.3 is 24.6 Å². The molecule has 15 heteroatoms. The Morgan fingerprint density at radius 2 is 2.02 bits per heavy atom. The summed E-state index contributed by atoms with van der Waals surface area (Å²) in [6, 6.07) is 1.62. The lowest BCUT2D eigenvalue weighted by atomic mass is 9.89. The predicted octanol–water partition coefficient (Wildman–Crippen LogP) is 4.73. The number of halogens is 4. The van der Waals surface area contributed by atoms with Gasteiger partial charge >= 0.3 is 6.18 Å². The SMILES string of the molecule is COC1(C(=O)N2Cc3nc(Cl)nc(N[C@H](C)c4cc([N+](=O)[O-])cc(C(F)(F)F)c4)c3C2)CCN(CC2CCCO2)CC1. The molecule has 1 aromatic heterocycles. The Bertz CT molecular complexity index is 1350. The van der Waals surface area contributed by atoms with E-state index in [0.29, 0.717) is 43.3 Å². The first-order valence-electron chi connectivity index (χ1n) is 13.8. The van der Waals surface area contributed by atoms with Crippen LogP contribution in [0.15, 0.2) is 18.2 Å². The number of nitro benzene ring substituents is 1. The number of piperidine rings is 1. The molecule has 1 aromatic carbocycles. The lowest BCUT2D eigenvalue weighted by Crippen LogP contribution is -2.55. The van der Waals surface area contributed by atoms with E-state index in [1.165, 1.54) is 7.11 Å². The largest absolute Gasteiger partial charge is 0.416 e. The maximum atomic E-state index is 13.8. The fraction of sp³-hybridized carbons (Fsp3) is 0.593. The number of methoxy groups -OCH3 is 1. The first-order valence-corrected chi connectivity index (χ1v) is 14.1. The van der Waals surface area contributed by atoms with Crippen LogP contribution < -0.4 is 5.32 Å². The van der Waals surface area contributed by atoms with Crippen molar-refractivity contribution in [3.05, 3.63) is 56.0 Å². The number of hydrogen-bond acceptors (Lipinski definition) is 9. The number of benzene rings is 1. The van der Waals surface area contributed by atoms with E-state index in [4.69, 9.17) is 21.1 Å². The van der Waals surface area contributed by atoms with Crippen LogP contribution in [0.2, 0.25) is 5.28 Å². The van der Waals surface area contributed by atoms with E-state index in [-0.39, 0.29) is 41.8 Å². The molecule has 228 valence electrons. The Morgan fingerprint density at radius 3 is 2.64 bits per heavy atom. The molecule has 1 unspecified atom stereocenters. The smallest absolute Gasteiger partial charge is 0.377 e. The van der Waals surface area contributed by atoms with Crippen LogP contribution in [-0.4, -0.2) is 75.7 Å². The molecular formula is C27H32ClF3N6O5. The van der Waals surface area contributed by atoms with Crippen LogP contribution in [0.5, 0.6) is 0 Å². The molecule has 0 bridgehead atoms. The van der Waals surface area contributed by atoms with Gasteiger partial charge in [-0.05, 0) is 55.8 Å². The Kier molecular flexibility index (Phi) is 8.61. The number of amides is 1. The van der Waals surface area contributed by atoms with Crippen LogP contribution in [0.4, 0.5) is 24.7 Å². The van der Waals surface area contributed by atoms with E-state index in [2.05, 4.69) is 20.2 Å². The second-order valence-corrected chi connectivity index (χ2v) is 11.3. The van der Waals surface area contributed by atoms with Crippen molar-refractivity contribution in [1.82, 2.24) is 19.8 Å². The average Bonchev–Trinajstić information content (AvgIpc) is 3.62. The van der Waals surface area contributed by atoms with Gasteiger partial charge in [0.25, 0.3) is 11.6 Å². The molecule has 1 N–H and O–H groups in total. The molecule has 2 fully saturated rings. The molecule has 1 amide bonds. The minimum Gasteiger partial charge on any atom is -0.377 e. The highest BCUT2D eigenvalue weighted by Gasteiger charge is 2.46. The molecule has 2 saturated heterocycles. The zero-order valence-electron chi connectivity index (χ0n) is 23.2. The number of rotatable bonds is 8. The van der Waals surface area contributed by atoms with E-state index in [9.17, 15) is 28.1 Å². The van der Waals surface area contributed by atoms with Crippen molar-refractivity contribution in [2.24, 2.45) is 0 Å². The number of carbonyl (C=O) groups is 1. The van der Waals surface area contributed by atoms with Crippen molar-refractivity contribution < 1.29 is 32.4 Å². The first-order chi connectivity index (χ1) is 19.9. The molecule has 4 heterocycles. The highest BCUT2D eigenvalue weighted by Crippen LogP contribution is 2.37. The molecule has 5 rings (SSSR count). The third kappa shape index (κ3) is 6.31. The minimum atomic E-state index is -4.77. The topological polar surface area (TPSA) is 123 Å². The fourth-order valence-corrected chi connectivity index (χ4v) is 6.08. The molecule has 2 atom stereocenters. The first kappa shape index (κ1) is 30.4. The fourth-order valence-electron chi connectivity index (χ4n) is 5.90. The van der Waals surface area contributed by atoms with Crippen molar-refractivity contribution >= 4 is 29.0 Å². The number of nitrogens with zero attached hydrogens (tertiary/aromatic N) is 5. The van der Waals surface area contributed by atoms with Crippen LogP contribution in [0.25, 0.3) is 0 Å². The summed E-state index contributed by atoms with van der Waals surface area (Å²) in [4.78, 5) is 36.7. The summed E-state index contributed by atoms with van der Waals surface area (Å²) in [6.45, 7) is 4.88. The summed E-state index contributed by atoms with van der Waals surface area (Å²) in [5.41, 5.74) is -1.68. The summed E-state index contributed by atoms with van der Waals surface area (Å²) in [7, 11) is 1.54. The van der Waals surface area contributed by atoms with Crippen molar-refractivity contribution in [2.45, 2.75) is 69.6 Å². The number of aromatic nitrogens is 2. The average molecular weight is 613 g/mol. The number of non-ortho nitro benzene ring substituents is 1. The zero-order valence-corrected chi connectivity index (χ0v) is 24.0. The third-order valence-corrected chi connectivity index (χ3v) is 8.47. The van der Waals surface area contributed by atoms with Crippen LogP contribution in [0.1, 0.15) is 61.0 Å². The monoisotopic (exact) mass is 612 g/mol. The van der Waals surface area contributed by atoms with Crippen molar-refractivity contribution in [1.29, 1.82) is 0 Å². The van der Waals surface area contributed by atoms with Gasteiger partial charge in [-0.2, -0.15) is 13.2 Å². The normalized spacial score (nSPS) is 21.3. The number of nitro groups is 1. The van der Waals surface area contributed by atoms with Gasteiger partial charge in [0.1, 0.15) is 11.4 Å². The number of anilines is 1. The number of likely N-dealkylation sites (tertiary alicyclic amines) is 1. The number of carbonyl (C=O) groups excluding carboxylic acids is 1. The molecular weight excluding hydrogens is 581 g/mol. The Morgan fingerprint density at radius 1 is 1.29 bits per heavy atom. The van der Waals surface area contributed by atoms with Gasteiger partial charge in [0, 0.05) is 51.0 Å². The summed E-state index contributed by atoms with van der Waals surface area (Å²) in [5, 5.41) is 14.2. The highest BCUT2D eigenvalue weighted by atomic mass is 35.5. The lowest BCUT2D eigenvalue weighted by molar-refractivity contribution is -0.385. The van der Waals surface area contributed by atoms with Crippen LogP contribution >= 0.6 is 11.6 Å².